The SMILES string of the molecule is CCCNC(c1cnccn1)C(C)(C)CC. The molecule has 1 aromatic rings. The van der Waals surface area contributed by atoms with Crippen LogP contribution >= 0.6 is 0 Å². The van der Waals surface area contributed by atoms with Crippen LogP contribution in [-0.2, 0) is 0 Å². The molecule has 0 bridgehead atoms. The molecule has 0 saturated carbocycles. The number of nitrogens with one attached hydrogen (secondary N) is 1. The Hall–Kier alpha value is -0.960. The Morgan fingerprint density at radius 3 is 2.56 bits per heavy atom. The monoisotopic (exact) mass is 221 g/mol. The van der Waals surface area contributed by atoms with Crippen molar-refractivity contribution in [1.29, 1.82) is 0 Å². The molecule has 90 valence electrons. The molecule has 1 heterocycles. The van der Waals surface area contributed by atoms with E-state index in [1.807, 2.05) is 6.20 Å². The van der Waals surface area contributed by atoms with Crippen molar-refractivity contribution in [3.05, 3.63) is 24.3 Å². The second kappa shape index (κ2) is 5.94. The van der Waals surface area contributed by atoms with Gasteiger partial charge < -0.3 is 5.32 Å². The predicted molar refractivity (Wildman–Crippen MR) is 67.1 cm³/mol. The lowest BCUT2D eigenvalue weighted by Crippen LogP contribution is -2.35. The first-order valence-electron chi connectivity index (χ1n) is 6.11. The maximum Gasteiger partial charge on any atom is 0.0761 e. The van der Waals surface area contributed by atoms with Crippen LogP contribution in [0.1, 0.15) is 52.3 Å². The van der Waals surface area contributed by atoms with Gasteiger partial charge in [-0.25, -0.2) is 0 Å². The van der Waals surface area contributed by atoms with Crippen LogP contribution in [0.4, 0.5) is 0 Å². The highest BCUT2D eigenvalue weighted by Crippen LogP contribution is 2.34. The molecule has 0 amide bonds. The highest BCUT2D eigenvalue weighted by atomic mass is 15.0. The number of aromatic nitrogens is 2. The Bertz CT molecular complexity index is 295. The van der Waals surface area contributed by atoms with Gasteiger partial charge in [0.15, 0.2) is 0 Å². The van der Waals surface area contributed by atoms with E-state index in [1.54, 1.807) is 12.4 Å². The van der Waals surface area contributed by atoms with Crippen molar-refractivity contribution in [2.24, 2.45) is 5.41 Å². The highest BCUT2D eigenvalue weighted by molar-refractivity contribution is 5.06. The van der Waals surface area contributed by atoms with E-state index in [2.05, 4.69) is 43.0 Å². The molecule has 0 fully saturated rings. The van der Waals surface area contributed by atoms with Crippen LogP contribution in [0.25, 0.3) is 0 Å². The summed E-state index contributed by atoms with van der Waals surface area (Å²) in [6, 6.07) is 0.283. The normalized spacial score (nSPS) is 13.8. The van der Waals surface area contributed by atoms with E-state index >= 15 is 0 Å². The Morgan fingerprint density at radius 1 is 1.31 bits per heavy atom. The molecular formula is C13H23N3. The first kappa shape index (κ1) is 13.1. The van der Waals surface area contributed by atoms with Crippen LogP contribution in [0, 0.1) is 5.41 Å². The van der Waals surface area contributed by atoms with Crippen LogP contribution in [-0.4, -0.2) is 16.5 Å². The summed E-state index contributed by atoms with van der Waals surface area (Å²) in [5.41, 5.74) is 1.24. The van der Waals surface area contributed by atoms with Crippen molar-refractivity contribution in [3.8, 4) is 0 Å². The van der Waals surface area contributed by atoms with Gasteiger partial charge in [-0.3, -0.25) is 9.97 Å². The zero-order valence-corrected chi connectivity index (χ0v) is 10.8. The van der Waals surface area contributed by atoms with E-state index in [-0.39, 0.29) is 11.5 Å². The van der Waals surface area contributed by atoms with Gasteiger partial charge in [-0.2, -0.15) is 0 Å². The van der Waals surface area contributed by atoms with Crippen molar-refractivity contribution in [1.82, 2.24) is 15.3 Å². The van der Waals surface area contributed by atoms with Crippen LogP contribution in [0.5, 0.6) is 0 Å². The summed E-state index contributed by atoms with van der Waals surface area (Å²) in [7, 11) is 0. The van der Waals surface area contributed by atoms with Gasteiger partial charge in [-0.05, 0) is 24.8 Å². The molecule has 1 rings (SSSR count). The average Bonchev–Trinajstić information content (AvgIpc) is 2.31. The predicted octanol–water partition coefficient (Wildman–Crippen LogP) is 2.95. The minimum Gasteiger partial charge on any atom is -0.308 e. The van der Waals surface area contributed by atoms with Gasteiger partial charge in [0.2, 0.25) is 0 Å². The summed E-state index contributed by atoms with van der Waals surface area (Å²) in [4.78, 5) is 8.58. The lowest BCUT2D eigenvalue weighted by molar-refractivity contribution is 0.230. The summed E-state index contributed by atoms with van der Waals surface area (Å²) in [6.07, 6.45) is 7.60. The molecule has 3 heteroatoms. The molecule has 0 aliphatic rings. The highest BCUT2D eigenvalue weighted by Gasteiger charge is 2.29. The third kappa shape index (κ3) is 3.27. The molecule has 0 aliphatic carbocycles. The van der Waals surface area contributed by atoms with Gasteiger partial charge >= 0.3 is 0 Å². The summed E-state index contributed by atoms with van der Waals surface area (Å²) in [5, 5.41) is 3.57. The van der Waals surface area contributed by atoms with Crippen molar-refractivity contribution in [2.45, 2.75) is 46.6 Å². The van der Waals surface area contributed by atoms with Crippen molar-refractivity contribution >= 4 is 0 Å². The Kier molecular flexibility index (Phi) is 4.87. The molecule has 1 atom stereocenters. The van der Waals surface area contributed by atoms with E-state index in [9.17, 15) is 0 Å². The van der Waals surface area contributed by atoms with Gasteiger partial charge in [-0.1, -0.05) is 27.7 Å². The van der Waals surface area contributed by atoms with E-state index in [1.165, 1.54) is 0 Å². The molecule has 16 heavy (non-hydrogen) atoms. The topological polar surface area (TPSA) is 37.8 Å². The summed E-state index contributed by atoms with van der Waals surface area (Å²) in [6.45, 7) is 9.96. The fourth-order valence-electron chi connectivity index (χ4n) is 1.73. The van der Waals surface area contributed by atoms with Crippen LogP contribution in [0.2, 0.25) is 0 Å². The van der Waals surface area contributed by atoms with Gasteiger partial charge in [0.1, 0.15) is 0 Å². The van der Waals surface area contributed by atoms with Gasteiger partial charge in [-0.15, -0.1) is 0 Å². The molecule has 1 aromatic heterocycles. The molecule has 3 nitrogen and oxygen atoms in total. The summed E-state index contributed by atoms with van der Waals surface area (Å²) < 4.78 is 0. The van der Waals surface area contributed by atoms with E-state index in [0.717, 1.165) is 25.1 Å². The number of rotatable bonds is 6. The third-order valence-electron chi connectivity index (χ3n) is 3.17. The number of hydrogen-bond donors (Lipinski definition) is 1. The van der Waals surface area contributed by atoms with Crippen LogP contribution in [0.15, 0.2) is 18.6 Å². The quantitative estimate of drug-likeness (QED) is 0.802. The van der Waals surface area contributed by atoms with E-state index < -0.39 is 0 Å². The maximum absolute atomic E-state index is 4.42. The minimum absolute atomic E-state index is 0.200. The standard InChI is InChI=1S/C13H23N3/c1-5-7-16-12(13(3,4)6-2)11-10-14-8-9-15-11/h8-10,12,16H,5-7H2,1-4H3. The smallest absolute Gasteiger partial charge is 0.0761 e. The molecule has 0 aliphatic heterocycles. The van der Waals surface area contributed by atoms with Gasteiger partial charge in [0.25, 0.3) is 0 Å². The molecular weight excluding hydrogens is 198 g/mol. The Morgan fingerprint density at radius 2 is 2.06 bits per heavy atom. The zero-order chi connectivity index (χ0) is 12.0. The van der Waals surface area contributed by atoms with E-state index in [4.69, 9.17) is 0 Å². The average molecular weight is 221 g/mol. The fourth-order valence-corrected chi connectivity index (χ4v) is 1.73. The maximum atomic E-state index is 4.42. The molecule has 1 unspecified atom stereocenters. The molecule has 0 saturated heterocycles. The Balaban J connectivity index is 2.87. The molecule has 0 radical (unpaired) electrons. The molecule has 0 spiro atoms. The lowest BCUT2D eigenvalue weighted by atomic mass is 9.80. The van der Waals surface area contributed by atoms with Crippen molar-refractivity contribution < 1.29 is 0 Å². The second-order valence-electron chi connectivity index (χ2n) is 4.86. The summed E-state index contributed by atoms with van der Waals surface area (Å²) >= 11 is 0. The fraction of sp³-hybridized carbons (Fsp3) is 0.692. The zero-order valence-electron chi connectivity index (χ0n) is 10.8. The Labute approximate surface area is 98.7 Å². The first-order valence-corrected chi connectivity index (χ1v) is 6.11. The summed E-state index contributed by atoms with van der Waals surface area (Å²) in [5.74, 6) is 0. The minimum atomic E-state index is 0.200. The molecule has 1 N–H and O–H groups in total. The van der Waals surface area contributed by atoms with Crippen LogP contribution < -0.4 is 5.32 Å². The van der Waals surface area contributed by atoms with Crippen molar-refractivity contribution in [3.63, 3.8) is 0 Å². The largest absolute Gasteiger partial charge is 0.308 e. The lowest BCUT2D eigenvalue weighted by Gasteiger charge is -2.33. The first-order chi connectivity index (χ1) is 7.61. The van der Waals surface area contributed by atoms with Gasteiger partial charge in [0.05, 0.1) is 11.7 Å². The number of nitrogens with zero attached hydrogens (tertiary/aromatic N) is 2. The van der Waals surface area contributed by atoms with Crippen molar-refractivity contribution in [2.75, 3.05) is 6.54 Å². The second-order valence-corrected chi connectivity index (χ2v) is 4.86. The van der Waals surface area contributed by atoms with E-state index in [0.29, 0.717) is 0 Å². The van der Waals surface area contributed by atoms with Gasteiger partial charge in [0, 0.05) is 18.6 Å². The third-order valence-corrected chi connectivity index (χ3v) is 3.17. The number of hydrogen-bond acceptors (Lipinski definition) is 3. The molecule has 0 aromatic carbocycles. The van der Waals surface area contributed by atoms with Crippen LogP contribution in [0.3, 0.4) is 0 Å².